The lowest BCUT2D eigenvalue weighted by Crippen LogP contribution is -2.51. The number of H-pyrrole nitrogens is 1. The summed E-state index contributed by atoms with van der Waals surface area (Å²) < 4.78 is 14.0. The van der Waals surface area contributed by atoms with Crippen molar-refractivity contribution < 1.29 is 9.18 Å². The van der Waals surface area contributed by atoms with Crippen LogP contribution in [0.25, 0.3) is 0 Å². The summed E-state index contributed by atoms with van der Waals surface area (Å²) in [6.45, 7) is 3.66. The van der Waals surface area contributed by atoms with E-state index in [1.807, 2.05) is 4.90 Å². The van der Waals surface area contributed by atoms with Gasteiger partial charge in [-0.2, -0.15) is 0 Å². The highest BCUT2D eigenvalue weighted by molar-refractivity contribution is 5.94. The minimum Gasteiger partial charge on any atom is -0.364 e. The first-order valence-corrected chi connectivity index (χ1v) is 9.00. The summed E-state index contributed by atoms with van der Waals surface area (Å²) in [5.74, 6) is 0.775. The summed E-state index contributed by atoms with van der Waals surface area (Å²) in [6.07, 6.45) is 3.79. The maximum absolute atomic E-state index is 14.0. The molecule has 1 saturated carbocycles. The van der Waals surface area contributed by atoms with Gasteiger partial charge in [0.15, 0.2) is 5.43 Å². The number of hydrogen-bond acceptors (Lipinski definition) is 3. The highest BCUT2D eigenvalue weighted by Crippen LogP contribution is 2.49. The molecule has 0 radical (unpaired) electrons. The fraction of sp³-hybridized carbons (Fsp3) is 0.400. The fourth-order valence-corrected chi connectivity index (χ4v) is 4.23. The third-order valence-corrected chi connectivity index (χ3v) is 5.48. The number of anilines is 2. The summed E-state index contributed by atoms with van der Waals surface area (Å²) in [5.41, 5.74) is 1.40. The quantitative estimate of drug-likeness (QED) is 0.886. The van der Waals surface area contributed by atoms with E-state index in [1.54, 1.807) is 19.2 Å². The molecule has 3 atom stereocenters. The number of nitrogens with zero attached hydrogens (tertiary/aromatic N) is 1. The third kappa shape index (κ3) is 2.89. The number of nitrogens with one attached hydrogen (secondary N) is 2. The van der Waals surface area contributed by atoms with Crippen LogP contribution in [-0.4, -0.2) is 16.9 Å². The van der Waals surface area contributed by atoms with E-state index in [-0.39, 0.29) is 35.2 Å². The van der Waals surface area contributed by atoms with E-state index in [4.69, 9.17) is 0 Å². The zero-order valence-corrected chi connectivity index (χ0v) is 14.8. The first kappa shape index (κ1) is 16.8. The van der Waals surface area contributed by atoms with Crippen molar-refractivity contribution in [3.63, 3.8) is 0 Å². The van der Waals surface area contributed by atoms with Gasteiger partial charge in [0.25, 0.3) is 0 Å². The molecule has 1 aliphatic heterocycles. The second kappa shape index (κ2) is 6.27. The van der Waals surface area contributed by atoms with E-state index >= 15 is 0 Å². The average molecular weight is 355 g/mol. The number of carbonyl (C=O) groups is 1. The van der Waals surface area contributed by atoms with Gasteiger partial charge >= 0.3 is 0 Å². The smallest absolute Gasteiger partial charge is 0.224 e. The molecule has 6 heteroatoms. The summed E-state index contributed by atoms with van der Waals surface area (Å²) in [6, 6.07) is 7.40. The molecule has 2 aliphatic rings. The van der Waals surface area contributed by atoms with Gasteiger partial charge in [-0.1, -0.05) is 6.92 Å². The van der Waals surface area contributed by atoms with Gasteiger partial charge in [-0.15, -0.1) is 0 Å². The molecule has 1 amide bonds. The van der Waals surface area contributed by atoms with Gasteiger partial charge < -0.3 is 15.2 Å². The van der Waals surface area contributed by atoms with Crippen LogP contribution in [0.1, 0.15) is 38.3 Å². The van der Waals surface area contributed by atoms with Gasteiger partial charge in [0, 0.05) is 48.5 Å². The van der Waals surface area contributed by atoms with Crippen molar-refractivity contribution in [1.82, 2.24) is 4.98 Å². The molecule has 26 heavy (non-hydrogen) atoms. The summed E-state index contributed by atoms with van der Waals surface area (Å²) in [5, 5.41) is 3.37. The Bertz CT molecular complexity index is 906. The zero-order valence-electron chi connectivity index (χ0n) is 14.8. The molecule has 5 nitrogen and oxygen atoms in total. The Kier molecular flexibility index (Phi) is 4.05. The minimum atomic E-state index is -0.335. The number of halogens is 1. The predicted octanol–water partition coefficient (Wildman–Crippen LogP) is 3.45. The molecule has 2 aromatic rings. The Morgan fingerprint density at radius 1 is 1.27 bits per heavy atom. The average Bonchev–Trinajstić information content (AvgIpc) is 3.41. The van der Waals surface area contributed by atoms with Gasteiger partial charge in [-0.25, -0.2) is 4.39 Å². The van der Waals surface area contributed by atoms with Crippen LogP contribution < -0.4 is 15.6 Å². The van der Waals surface area contributed by atoms with Gasteiger partial charge in [0.05, 0.1) is 6.04 Å². The largest absolute Gasteiger partial charge is 0.364 e. The van der Waals surface area contributed by atoms with E-state index in [9.17, 15) is 14.0 Å². The number of hydrogen-bond donors (Lipinski definition) is 2. The Hall–Kier alpha value is -2.63. The van der Waals surface area contributed by atoms with E-state index in [0.29, 0.717) is 11.7 Å². The van der Waals surface area contributed by atoms with E-state index in [2.05, 4.69) is 17.2 Å². The first-order chi connectivity index (χ1) is 12.5. The van der Waals surface area contributed by atoms with Crippen molar-refractivity contribution in [1.29, 1.82) is 0 Å². The number of benzene rings is 1. The Morgan fingerprint density at radius 2 is 2.04 bits per heavy atom. The van der Waals surface area contributed by atoms with Crippen LogP contribution in [-0.2, 0) is 4.79 Å². The van der Waals surface area contributed by atoms with Crippen LogP contribution in [0.2, 0.25) is 0 Å². The lowest BCUT2D eigenvalue weighted by atomic mass is 9.80. The number of aromatic amines is 1. The number of rotatable bonds is 3. The standard InChI is InChI=1S/C20H22FN3O2/c1-11-19(23-18-10-15(26)7-8-22-18)16-9-14(21)5-6-17(16)24(12(2)25)20(11)13-3-4-13/h5-11,13,19-20H,3-4H2,1-2H3,(H2,22,23,26). The Balaban J connectivity index is 1.81. The molecule has 4 rings (SSSR count). The second-order valence-corrected chi connectivity index (χ2v) is 7.34. The number of amides is 1. The van der Waals surface area contributed by atoms with Crippen molar-refractivity contribution >= 4 is 17.4 Å². The molecule has 1 aromatic carbocycles. The second-order valence-electron chi connectivity index (χ2n) is 7.34. The lowest BCUT2D eigenvalue weighted by Gasteiger charge is -2.45. The van der Waals surface area contributed by atoms with Crippen molar-refractivity contribution in [3.05, 3.63) is 58.1 Å². The number of carbonyl (C=O) groups excluding carboxylic acids is 1. The third-order valence-electron chi connectivity index (χ3n) is 5.48. The number of aromatic nitrogens is 1. The fourth-order valence-electron chi connectivity index (χ4n) is 4.23. The highest BCUT2D eigenvalue weighted by atomic mass is 19.1. The van der Waals surface area contributed by atoms with Crippen LogP contribution in [0.15, 0.2) is 41.3 Å². The summed E-state index contributed by atoms with van der Waals surface area (Å²) in [7, 11) is 0. The highest BCUT2D eigenvalue weighted by Gasteiger charge is 2.47. The molecule has 1 aliphatic carbocycles. The molecular weight excluding hydrogens is 333 g/mol. The van der Waals surface area contributed by atoms with Gasteiger partial charge in [0.1, 0.15) is 11.6 Å². The van der Waals surface area contributed by atoms with Gasteiger partial charge in [0.2, 0.25) is 5.91 Å². The minimum absolute atomic E-state index is 0.0202. The number of pyridine rings is 1. The Morgan fingerprint density at radius 3 is 2.69 bits per heavy atom. The molecule has 2 heterocycles. The molecule has 2 N–H and O–H groups in total. The van der Waals surface area contributed by atoms with Crippen LogP contribution in [0, 0.1) is 17.7 Å². The van der Waals surface area contributed by atoms with Crippen LogP contribution in [0.4, 0.5) is 15.9 Å². The van der Waals surface area contributed by atoms with Crippen LogP contribution in [0.3, 0.4) is 0 Å². The molecule has 1 aromatic heterocycles. The van der Waals surface area contributed by atoms with E-state index in [1.165, 1.54) is 24.3 Å². The van der Waals surface area contributed by atoms with Gasteiger partial charge in [-0.05, 0) is 37.0 Å². The monoisotopic (exact) mass is 355 g/mol. The first-order valence-electron chi connectivity index (χ1n) is 9.00. The molecular formula is C20H22FN3O2. The maximum Gasteiger partial charge on any atom is 0.224 e. The predicted molar refractivity (Wildman–Crippen MR) is 98.7 cm³/mol. The molecule has 0 saturated heterocycles. The van der Waals surface area contributed by atoms with Crippen LogP contribution in [0.5, 0.6) is 0 Å². The summed E-state index contributed by atoms with van der Waals surface area (Å²) in [4.78, 5) is 28.9. The van der Waals surface area contributed by atoms with Crippen molar-refractivity contribution in [2.75, 3.05) is 10.2 Å². The maximum atomic E-state index is 14.0. The van der Waals surface area contributed by atoms with Crippen molar-refractivity contribution in [2.45, 2.75) is 38.8 Å². The molecule has 0 bridgehead atoms. The van der Waals surface area contributed by atoms with Crippen LogP contribution >= 0.6 is 0 Å². The molecule has 3 unspecified atom stereocenters. The lowest BCUT2D eigenvalue weighted by molar-refractivity contribution is -0.117. The molecule has 1 fully saturated rings. The molecule has 0 spiro atoms. The Labute approximate surface area is 151 Å². The van der Waals surface area contributed by atoms with E-state index < -0.39 is 0 Å². The topological polar surface area (TPSA) is 65.2 Å². The SMILES string of the molecule is CC(=O)N1c2ccc(F)cc2C(Nc2cc(=O)cc[nH]2)C(C)C1C1CC1. The summed E-state index contributed by atoms with van der Waals surface area (Å²) >= 11 is 0. The normalized spacial score (nSPS) is 24.9. The molecule has 136 valence electrons. The zero-order chi connectivity index (χ0) is 18.4. The van der Waals surface area contributed by atoms with Crippen molar-refractivity contribution in [2.24, 2.45) is 11.8 Å². The number of fused-ring (bicyclic) bond motifs is 1. The van der Waals surface area contributed by atoms with E-state index in [0.717, 1.165) is 24.1 Å². The van der Waals surface area contributed by atoms with Gasteiger partial charge in [-0.3, -0.25) is 9.59 Å². The van der Waals surface area contributed by atoms with Crippen molar-refractivity contribution in [3.8, 4) is 0 Å².